The molecule has 100 valence electrons. The average Bonchev–Trinajstić information content (AvgIpc) is 2.47. The number of nitrogens with one attached hydrogen (secondary N) is 1. The highest BCUT2D eigenvalue weighted by atomic mass is 14.9. The van der Waals surface area contributed by atoms with Crippen molar-refractivity contribution in [3.63, 3.8) is 0 Å². The number of rotatable bonds is 2. The Bertz CT molecular complexity index is 667. The first-order valence-corrected chi connectivity index (χ1v) is 7.11. The molecule has 0 amide bonds. The minimum absolute atomic E-state index is 0.416. The highest BCUT2D eigenvalue weighted by Gasteiger charge is 2.19. The average molecular weight is 262 g/mol. The topological polar surface area (TPSA) is 35.8 Å². The third kappa shape index (κ3) is 2.40. The van der Waals surface area contributed by atoms with Gasteiger partial charge in [-0.2, -0.15) is 5.26 Å². The minimum Gasteiger partial charge on any atom is -0.381 e. The van der Waals surface area contributed by atoms with Gasteiger partial charge in [-0.15, -0.1) is 0 Å². The molecule has 2 aromatic carbocycles. The van der Waals surface area contributed by atoms with Crippen LogP contribution < -0.4 is 5.32 Å². The van der Waals surface area contributed by atoms with E-state index in [2.05, 4.69) is 35.7 Å². The van der Waals surface area contributed by atoms with Crippen LogP contribution in [0.3, 0.4) is 0 Å². The van der Waals surface area contributed by atoms with E-state index in [-0.39, 0.29) is 0 Å². The minimum atomic E-state index is 0.416. The molecule has 1 N–H and O–H groups in total. The van der Waals surface area contributed by atoms with Gasteiger partial charge in [0.15, 0.2) is 0 Å². The van der Waals surface area contributed by atoms with Gasteiger partial charge in [-0.25, -0.2) is 0 Å². The summed E-state index contributed by atoms with van der Waals surface area (Å²) in [5, 5.41) is 12.9. The highest BCUT2D eigenvalue weighted by molar-refractivity contribution is 5.61. The van der Waals surface area contributed by atoms with Crippen molar-refractivity contribution in [1.29, 1.82) is 5.26 Å². The first-order valence-electron chi connectivity index (χ1n) is 7.11. The Morgan fingerprint density at radius 2 is 1.90 bits per heavy atom. The van der Waals surface area contributed by atoms with Crippen LogP contribution in [0.2, 0.25) is 0 Å². The standard InChI is InChI=1S/C18H18N2/c1-13-5-4-8-18(17(13)12-19)20-16-10-9-14-6-2-3-7-15(14)11-16/h2-8,16,20H,9-11H2,1H3. The summed E-state index contributed by atoms with van der Waals surface area (Å²) in [6.45, 7) is 1.99. The maximum Gasteiger partial charge on any atom is 0.102 e. The fraction of sp³-hybridized carbons (Fsp3) is 0.278. The Morgan fingerprint density at radius 1 is 1.10 bits per heavy atom. The van der Waals surface area contributed by atoms with Crippen LogP contribution in [0.25, 0.3) is 0 Å². The molecule has 0 saturated carbocycles. The van der Waals surface area contributed by atoms with Gasteiger partial charge in [0.1, 0.15) is 6.07 Å². The van der Waals surface area contributed by atoms with E-state index < -0.39 is 0 Å². The largest absolute Gasteiger partial charge is 0.381 e. The van der Waals surface area contributed by atoms with E-state index in [0.29, 0.717) is 6.04 Å². The smallest absolute Gasteiger partial charge is 0.102 e. The van der Waals surface area contributed by atoms with Crippen molar-refractivity contribution in [3.8, 4) is 6.07 Å². The zero-order chi connectivity index (χ0) is 13.9. The molecule has 0 radical (unpaired) electrons. The number of hydrogen-bond acceptors (Lipinski definition) is 2. The lowest BCUT2D eigenvalue weighted by Crippen LogP contribution is -2.27. The van der Waals surface area contributed by atoms with Gasteiger partial charge in [-0.3, -0.25) is 0 Å². The molecular formula is C18H18N2. The van der Waals surface area contributed by atoms with Crippen molar-refractivity contribution in [2.75, 3.05) is 5.32 Å². The van der Waals surface area contributed by atoms with Gasteiger partial charge in [-0.05, 0) is 48.9 Å². The predicted molar refractivity (Wildman–Crippen MR) is 81.8 cm³/mol. The summed E-state index contributed by atoms with van der Waals surface area (Å²) >= 11 is 0. The van der Waals surface area contributed by atoms with E-state index in [9.17, 15) is 5.26 Å². The molecular weight excluding hydrogens is 244 g/mol. The maximum absolute atomic E-state index is 9.30. The third-order valence-corrected chi connectivity index (χ3v) is 4.09. The SMILES string of the molecule is Cc1cccc(NC2CCc3ccccc3C2)c1C#N. The Morgan fingerprint density at radius 3 is 2.70 bits per heavy atom. The number of aryl methyl sites for hydroxylation is 2. The summed E-state index contributed by atoms with van der Waals surface area (Å²) in [6.07, 6.45) is 3.27. The van der Waals surface area contributed by atoms with E-state index in [1.54, 1.807) is 0 Å². The zero-order valence-electron chi connectivity index (χ0n) is 11.7. The number of nitriles is 1. The summed E-state index contributed by atoms with van der Waals surface area (Å²) in [6, 6.07) is 17.4. The molecule has 2 heteroatoms. The number of fused-ring (bicyclic) bond motifs is 1. The second kappa shape index (κ2) is 5.38. The molecule has 2 nitrogen and oxygen atoms in total. The molecule has 0 heterocycles. The van der Waals surface area contributed by atoms with E-state index in [0.717, 1.165) is 36.1 Å². The lowest BCUT2D eigenvalue weighted by Gasteiger charge is -2.27. The second-order valence-electron chi connectivity index (χ2n) is 5.46. The fourth-order valence-electron chi connectivity index (χ4n) is 2.98. The van der Waals surface area contributed by atoms with Gasteiger partial charge < -0.3 is 5.32 Å². The van der Waals surface area contributed by atoms with E-state index >= 15 is 0 Å². The van der Waals surface area contributed by atoms with Gasteiger partial charge in [0.05, 0.1) is 11.3 Å². The Kier molecular flexibility index (Phi) is 3.43. The van der Waals surface area contributed by atoms with Crippen LogP contribution in [-0.4, -0.2) is 6.04 Å². The van der Waals surface area contributed by atoms with Crippen LogP contribution in [-0.2, 0) is 12.8 Å². The fourth-order valence-corrected chi connectivity index (χ4v) is 2.98. The zero-order valence-corrected chi connectivity index (χ0v) is 11.7. The summed E-state index contributed by atoms with van der Waals surface area (Å²) in [5.74, 6) is 0. The Balaban J connectivity index is 1.81. The number of nitrogens with zero attached hydrogens (tertiary/aromatic N) is 1. The summed E-state index contributed by atoms with van der Waals surface area (Å²) < 4.78 is 0. The molecule has 0 bridgehead atoms. The molecule has 20 heavy (non-hydrogen) atoms. The van der Waals surface area contributed by atoms with Crippen molar-refractivity contribution in [1.82, 2.24) is 0 Å². The van der Waals surface area contributed by atoms with Crippen molar-refractivity contribution in [2.45, 2.75) is 32.2 Å². The van der Waals surface area contributed by atoms with E-state index in [1.165, 1.54) is 11.1 Å². The quantitative estimate of drug-likeness (QED) is 0.892. The molecule has 0 aromatic heterocycles. The molecule has 0 spiro atoms. The highest BCUT2D eigenvalue weighted by Crippen LogP contribution is 2.26. The monoisotopic (exact) mass is 262 g/mol. The van der Waals surface area contributed by atoms with Crippen LogP contribution in [0.15, 0.2) is 42.5 Å². The van der Waals surface area contributed by atoms with Crippen LogP contribution in [0, 0.1) is 18.3 Å². The van der Waals surface area contributed by atoms with Crippen LogP contribution in [0.1, 0.15) is 28.7 Å². The van der Waals surface area contributed by atoms with Gasteiger partial charge in [0.2, 0.25) is 0 Å². The molecule has 0 saturated heterocycles. The second-order valence-corrected chi connectivity index (χ2v) is 5.46. The predicted octanol–water partition coefficient (Wildman–Crippen LogP) is 3.84. The molecule has 2 aromatic rings. The van der Waals surface area contributed by atoms with E-state index in [4.69, 9.17) is 0 Å². The summed E-state index contributed by atoms with van der Waals surface area (Å²) in [7, 11) is 0. The van der Waals surface area contributed by atoms with E-state index in [1.807, 2.05) is 25.1 Å². The van der Waals surface area contributed by atoms with Crippen molar-refractivity contribution in [2.24, 2.45) is 0 Å². The van der Waals surface area contributed by atoms with Gasteiger partial charge >= 0.3 is 0 Å². The lowest BCUT2D eigenvalue weighted by molar-refractivity contribution is 0.611. The Hall–Kier alpha value is -2.27. The van der Waals surface area contributed by atoms with Gasteiger partial charge in [0, 0.05) is 6.04 Å². The van der Waals surface area contributed by atoms with Crippen molar-refractivity contribution >= 4 is 5.69 Å². The first kappa shape index (κ1) is 12.7. The molecule has 0 fully saturated rings. The third-order valence-electron chi connectivity index (χ3n) is 4.09. The number of hydrogen-bond donors (Lipinski definition) is 1. The number of benzene rings is 2. The lowest BCUT2D eigenvalue weighted by atomic mass is 9.88. The molecule has 3 rings (SSSR count). The molecule has 1 aliphatic rings. The summed E-state index contributed by atoms with van der Waals surface area (Å²) in [4.78, 5) is 0. The molecule has 1 atom stereocenters. The normalized spacial score (nSPS) is 17.1. The maximum atomic E-state index is 9.30. The molecule has 1 aliphatic carbocycles. The van der Waals surface area contributed by atoms with Crippen molar-refractivity contribution in [3.05, 3.63) is 64.7 Å². The van der Waals surface area contributed by atoms with Crippen LogP contribution in [0.5, 0.6) is 0 Å². The molecule has 1 unspecified atom stereocenters. The Labute approximate surface area is 120 Å². The number of anilines is 1. The van der Waals surface area contributed by atoms with Gasteiger partial charge in [0.25, 0.3) is 0 Å². The van der Waals surface area contributed by atoms with Gasteiger partial charge in [-0.1, -0.05) is 36.4 Å². The first-order chi connectivity index (χ1) is 9.78. The van der Waals surface area contributed by atoms with Crippen LogP contribution in [0.4, 0.5) is 5.69 Å². The molecule has 0 aliphatic heterocycles. The van der Waals surface area contributed by atoms with Crippen LogP contribution >= 0.6 is 0 Å². The summed E-state index contributed by atoms with van der Waals surface area (Å²) in [5.41, 5.74) is 5.68. The van der Waals surface area contributed by atoms with Crippen molar-refractivity contribution < 1.29 is 0 Å².